The number of nitrogens with zero attached hydrogens (tertiary/aromatic N) is 2. The van der Waals surface area contributed by atoms with Gasteiger partial charge in [0.25, 0.3) is 11.4 Å². The van der Waals surface area contributed by atoms with Crippen molar-refractivity contribution in [3.05, 3.63) is 78.4 Å². The Morgan fingerprint density at radius 1 is 0.821 bits per heavy atom. The molecule has 0 spiro atoms. The van der Waals surface area contributed by atoms with Gasteiger partial charge in [-0.15, -0.1) is 0 Å². The number of carbonyl (C=O) groups is 1. The van der Waals surface area contributed by atoms with Crippen molar-refractivity contribution in [3.63, 3.8) is 0 Å². The number of hydrogen-bond donors (Lipinski definition) is 0. The van der Waals surface area contributed by atoms with E-state index in [2.05, 4.69) is 0 Å². The highest BCUT2D eigenvalue weighted by Gasteiger charge is 2.30. The summed E-state index contributed by atoms with van der Waals surface area (Å²) in [4.78, 5) is 33.6. The van der Waals surface area contributed by atoms with Crippen LogP contribution in [0.4, 0.5) is 20.2 Å². The first-order chi connectivity index (χ1) is 13.0. The number of nitro benzene ring substituents is 2. The first kappa shape index (κ1) is 21.1. The second kappa shape index (κ2) is 7.79. The smallest absolute Gasteiger partial charge is 0.272 e. The number of aryl methyl sites for hydroxylation is 2. The first-order valence-corrected chi connectivity index (χ1v) is 8.38. The standard InChI is InChI=1S/C19H18F2N2O5/c1-9-5-15(20)13(7-17(9)22(25)26)11(3)19(24)12(4)14-8-18(23(27)28)10(2)6-16(14)21/h5-8,11-12H,1-4H3. The highest BCUT2D eigenvalue weighted by molar-refractivity contribution is 5.91. The van der Waals surface area contributed by atoms with Crippen molar-refractivity contribution in [2.24, 2.45) is 0 Å². The number of carbonyl (C=O) groups excluding carboxylic acids is 1. The molecule has 0 radical (unpaired) electrons. The molecule has 0 aliphatic heterocycles. The van der Waals surface area contributed by atoms with Crippen LogP contribution in [0.5, 0.6) is 0 Å². The average molecular weight is 392 g/mol. The lowest BCUT2D eigenvalue weighted by Crippen LogP contribution is -2.19. The number of halogens is 2. The van der Waals surface area contributed by atoms with Gasteiger partial charge in [0.2, 0.25) is 0 Å². The molecule has 0 aliphatic rings. The number of ketones is 1. The normalized spacial score (nSPS) is 13.1. The molecule has 0 aromatic heterocycles. The number of nitro groups is 2. The van der Waals surface area contributed by atoms with Crippen molar-refractivity contribution in [1.82, 2.24) is 0 Å². The second-order valence-electron chi connectivity index (χ2n) is 6.68. The molecule has 0 fully saturated rings. The topological polar surface area (TPSA) is 103 Å². The number of hydrogen-bond acceptors (Lipinski definition) is 5. The summed E-state index contributed by atoms with van der Waals surface area (Å²) in [5.74, 6) is -4.42. The van der Waals surface area contributed by atoms with E-state index in [9.17, 15) is 33.8 Å². The molecule has 0 heterocycles. The summed E-state index contributed by atoms with van der Waals surface area (Å²) in [5.41, 5.74) is -0.813. The number of Topliss-reactive ketones (excluding diaryl/α,β-unsaturated/α-hetero) is 1. The molecule has 148 valence electrons. The molecule has 0 aliphatic carbocycles. The highest BCUT2D eigenvalue weighted by Crippen LogP contribution is 2.34. The van der Waals surface area contributed by atoms with Gasteiger partial charge in [-0.05, 0) is 26.0 Å². The van der Waals surface area contributed by atoms with Gasteiger partial charge in [-0.25, -0.2) is 8.78 Å². The molecule has 2 atom stereocenters. The molecule has 0 N–H and O–H groups in total. The third-order valence-corrected chi connectivity index (χ3v) is 4.81. The first-order valence-electron chi connectivity index (χ1n) is 8.38. The molecule has 28 heavy (non-hydrogen) atoms. The van der Waals surface area contributed by atoms with Crippen molar-refractivity contribution in [2.45, 2.75) is 39.5 Å². The molecular weight excluding hydrogens is 374 g/mol. The predicted octanol–water partition coefficient (Wildman–Crippen LogP) is 4.87. The minimum Gasteiger partial charge on any atom is -0.298 e. The molecule has 2 unspecified atom stereocenters. The molecule has 2 aromatic carbocycles. The lowest BCUT2D eigenvalue weighted by atomic mass is 9.84. The molecule has 0 bridgehead atoms. The summed E-state index contributed by atoms with van der Waals surface area (Å²) in [5, 5.41) is 22.2. The van der Waals surface area contributed by atoms with E-state index in [1.807, 2.05) is 0 Å². The van der Waals surface area contributed by atoms with Crippen LogP contribution in [0.25, 0.3) is 0 Å². The molecule has 7 nitrogen and oxygen atoms in total. The maximum atomic E-state index is 14.3. The third-order valence-electron chi connectivity index (χ3n) is 4.81. The molecule has 2 rings (SSSR count). The van der Waals surface area contributed by atoms with Gasteiger partial charge in [-0.1, -0.05) is 13.8 Å². The van der Waals surface area contributed by atoms with E-state index in [0.29, 0.717) is 0 Å². The quantitative estimate of drug-likeness (QED) is 0.515. The molecule has 9 heteroatoms. The second-order valence-corrected chi connectivity index (χ2v) is 6.68. The maximum absolute atomic E-state index is 14.3. The molecule has 0 saturated carbocycles. The van der Waals surface area contributed by atoms with Crippen molar-refractivity contribution in [3.8, 4) is 0 Å². The van der Waals surface area contributed by atoms with Gasteiger partial charge in [0, 0.05) is 46.2 Å². The maximum Gasteiger partial charge on any atom is 0.272 e. The van der Waals surface area contributed by atoms with E-state index in [1.54, 1.807) is 0 Å². The number of rotatable bonds is 6. The Morgan fingerprint density at radius 3 is 1.43 bits per heavy atom. The monoisotopic (exact) mass is 392 g/mol. The predicted molar refractivity (Wildman–Crippen MR) is 97.4 cm³/mol. The van der Waals surface area contributed by atoms with Gasteiger partial charge in [-0.3, -0.25) is 25.0 Å². The summed E-state index contributed by atoms with van der Waals surface area (Å²) >= 11 is 0. The van der Waals surface area contributed by atoms with Gasteiger partial charge in [0.05, 0.1) is 9.85 Å². The van der Waals surface area contributed by atoms with Crippen LogP contribution in [0, 0.1) is 45.7 Å². The Bertz CT molecular complexity index is 913. The van der Waals surface area contributed by atoms with Crippen LogP contribution in [0.2, 0.25) is 0 Å². The van der Waals surface area contributed by atoms with Gasteiger partial charge in [0.15, 0.2) is 0 Å². The third kappa shape index (κ3) is 3.88. The summed E-state index contributed by atoms with van der Waals surface area (Å²) in [6.07, 6.45) is 0. The highest BCUT2D eigenvalue weighted by atomic mass is 19.1. The Kier molecular flexibility index (Phi) is 5.86. The lowest BCUT2D eigenvalue weighted by Gasteiger charge is -2.18. The Morgan fingerprint density at radius 2 is 1.14 bits per heavy atom. The average Bonchev–Trinajstić information content (AvgIpc) is 2.59. The van der Waals surface area contributed by atoms with Crippen molar-refractivity contribution in [2.75, 3.05) is 0 Å². The van der Waals surface area contributed by atoms with E-state index < -0.39 is 39.1 Å². The molecular formula is C19H18F2N2O5. The zero-order valence-corrected chi connectivity index (χ0v) is 15.7. The summed E-state index contributed by atoms with van der Waals surface area (Å²) < 4.78 is 28.7. The zero-order chi connectivity index (χ0) is 21.3. The van der Waals surface area contributed by atoms with Crippen LogP contribution < -0.4 is 0 Å². The summed E-state index contributed by atoms with van der Waals surface area (Å²) in [6.45, 7) is 5.47. The fourth-order valence-corrected chi connectivity index (χ4v) is 3.09. The van der Waals surface area contributed by atoms with Crippen molar-refractivity contribution < 1.29 is 23.4 Å². The van der Waals surface area contributed by atoms with Crippen LogP contribution in [0.1, 0.15) is 47.9 Å². The minimum atomic E-state index is -1.12. The Hall–Kier alpha value is -3.23. The van der Waals surface area contributed by atoms with Gasteiger partial charge in [-0.2, -0.15) is 0 Å². The zero-order valence-electron chi connectivity index (χ0n) is 15.7. The summed E-state index contributed by atoms with van der Waals surface area (Å²) in [7, 11) is 0. The largest absolute Gasteiger partial charge is 0.298 e. The molecule has 0 saturated heterocycles. The molecule has 0 amide bonds. The van der Waals surface area contributed by atoms with Crippen LogP contribution in [0.15, 0.2) is 24.3 Å². The van der Waals surface area contributed by atoms with Crippen LogP contribution in [-0.2, 0) is 4.79 Å². The van der Waals surface area contributed by atoms with E-state index in [-0.39, 0.29) is 33.6 Å². The Labute approximate surface area is 159 Å². The molecule has 2 aromatic rings. The Balaban J connectivity index is 2.47. The van der Waals surface area contributed by atoms with E-state index in [1.165, 1.54) is 27.7 Å². The fourth-order valence-electron chi connectivity index (χ4n) is 3.09. The summed E-state index contributed by atoms with van der Waals surface area (Å²) in [6, 6.07) is 3.93. The number of benzene rings is 2. The minimum absolute atomic E-state index is 0.110. The van der Waals surface area contributed by atoms with Gasteiger partial charge < -0.3 is 0 Å². The van der Waals surface area contributed by atoms with E-state index >= 15 is 0 Å². The lowest BCUT2D eigenvalue weighted by molar-refractivity contribution is -0.385. The van der Waals surface area contributed by atoms with Crippen molar-refractivity contribution >= 4 is 17.2 Å². The fraction of sp³-hybridized carbons (Fsp3) is 0.316. The van der Waals surface area contributed by atoms with E-state index in [0.717, 1.165) is 24.3 Å². The van der Waals surface area contributed by atoms with Crippen LogP contribution in [-0.4, -0.2) is 15.6 Å². The van der Waals surface area contributed by atoms with Crippen molar-refractivity contribution in [1.29, 1.82) is 0 Å². The van der Waals surface area contributed by atoms with Gasteiger partial charge >= 0.3 is 0 Å². The van der Waals surface area contributed by atoms with E-state index in [4.69, 9.17) is 0 Å². The van der Waals surface area contributed by atoms with Crippen LogP contribution in [0.3, 0.4) is 0 Å². The van der Waals surface area contributed by atoms with Gasteiger partial charge in [0.1, 0.15) is 17.4 Å². The van der Waals surface area contributed by atoms with Crippen LogP contribution >= 0.6 is 0 Å². The SMILES string of the molecule is Cc1cc(F)c(C(C)C(=O)C(C)c2cc([N+](=O)[O-])c(C)cc2F)cc1[N+](=O)[O-].